The Morgan fingerprint density at radius 2 is 2.06 bits per heavy atom. The molecular weight excluding hydrogens is 246 g/mol. The summed E-state index contributed by atoms with van der Waals surface area (Å²) in [6.45, 7) is -0.0320. The first kappa shape index (κ1) is 13.9. The van der Waals surface area contributed by atoms with Crippen LogP contribution in [0, 0.1) is 0 Å². The molecule has 1 aromatic carbocycles. The highest BCUT2D eigenvalue weighted by atomic mass is 19.3. The fourth-order valence-electron chi connectivity index (χ4n) is 1.21. The molecule has 0 heterocycles. The van der Waals surface area contributed by atoms with Gasteiger partial charge in [0.1, 0.15) is 0 Å². The number of carboxylic acids is 1. The molecule has 0 radical (unpaired) electrons. The first-order valence-corrected chi connectivity index (χ1v) is 5.14. The van der Waals surface area contributed by atoms with Crippen molar-refractivity contribution in [3.8, 4) is 0 Å². The van der Waals surface area contributed by atoms with E-state index in [4.69, 9.17) is 5.11 Å². The van der Waals surface area contributed by atoms with E-state index >= 15 is 0 Å². The second-order valence-electron chi connectivity index (χ2n) is 3.45. The summed E-state index contributed by atoms with van der Waals surface area (Å²) in [6.07, 6.45) is -2.81. The van der Waals surface area contributed by atoms with Crippen molar-refractivity contribution in [1.29, 1.82) is 0 Å². The van der Waals surface area contributed by atoms with Crippen LogP contribution in [0.1, 0.15) is 18.4 Å². The van der Waals surface area contributed by atoms with Crippen LogP contribution >= 0.6 is 0 Å². The number of urea groups is 1. The van der Waals surface area contributed by atoms with Crippen LogP contribution in [0.4, 0.5) is 19.3 Å². The van der Waals surface area contributed by atoms with Crippen molar-refractivity contribution < 1.29 is 23.5 Å². The highest BCUT2D eigenvalue weighted by Crippen LogP contribution is 2.21. The number of carbonyl (C=O) groups is 2. The van der Waals surface area contributed by atoms with Crippen LogP contribution in [0.2, 0.25) is 0 Å². The Hall–Kier alpha value is -2.18. The molecule has 0 unspecified atom stereocenters. The molecule has 0 aromatic heterocycles. The largest absolute Gasteiger partial charge is 0.481 e. The third-order valence-electron chi connectivity index (χ3n) is 2.02. The zero-order valence-electron chi connectivity index (χ0n) is 9.32. The molecule has 0 saturated carbocycles. The zero-order valence-corrected chi connectivity index (χ0v) is 9.32. The molecule has 0 spiro atoms. The number of carboxylic acid groups (broad SMARTS) is 1. The molecule has 1 rings (SSSR count). The zero-order chi connectivity index (χ0) is 13.5. The number of rotatable bonds is 5. The molecule has 0 fully saturated rings. The summed E-state index contributed by atoms with van der Waals surface area (Å²) >= 11 is 0. The lowest BCUT2D eigenvalue weighted by Crippen LogP contribution is -2.30. The number of nitrogens with one attached hydrogen (secondary N) is 2. The van der Waals surface area contributed by atoms with E-state index in [9.17, 15) is 18.4 Å². The molecule has 0 bridgehead atoms. The van der Waals surface area contributed by atoms with Gasteiger partial charge in [-0.2, -0.15) is 0 Å². The van der Waals surface area contributed by atoms with Gasteiger partial charge in [-0.3, -0.25) is 4.79 Å². The quantitative estimate of drug-likeness (QED) is 0.757. The van der Waals surface area contributed by atoms with E-state index in [1.807, 2.05) is 0 Å². The summed E-state index contributed by atoms with van der Waals surface area (Å²) in [6, 6.07) is 4.62. The first-order valence-electron chi connectivity index (χ1n) is 5.14. The van der Waals surface area contributed by atoms with Gasteiger partial charge in [0.25, 0.3) is 6.43 Å². The molecule has 0 atom stereocenters. The van der Waals surface area contributed by atoms with Crippen molar-refractivity contribution in [2.24, 2.45) is 0 Å². The molecule has 2 amide bonds. The van der Waals surface area contributed by atoms with Gasteiger partial charge < -0.3 is 15.7 Å². The van der Waals surface area contributed by atoms with E-state index in [0.717, 1.165) is 6.07 Å². The van der Waals surface area contributed by atoms with Crippen LogP contribution in [0.3, 0.4) is 0 Å². The van der Waals surface area contributed by atoms with Gasteiger partial charge in [0, 0.05) is 17.8 Å². The smallest absolute Gasteiger partial charge is 0.319 e. The first-order chi connectivity index (χ1) is 8.49. The maximum atomic E-state index is 12.4. The molecule has 7 heteroatoms. The topological polar surface area (TPSA) is 78.4 Å². The van der Waals surface area contributed by atoms with E-state index in [1.54, 1.807) is 0 Å². The Balaban J connectivity index is 2.49. The minimum Gasteiger partial charge on any atom is -0.481 e. The standard InChI is InChI=1S/C11H12F2N2O3/c12-10(13)7-2-1-3-8(6-7)15-11(18)14-5-4-9(16)17/h1-3,6,10H,4-5H2,(H,16,17)(H2,14,15,18). The van der Waals surface area contributed by atoms with Gasteiger partial charge in [0.15, 0.2) is 0 Å². The van der Waals surface area contributed by atoms with Crippen molar-refractivity contribution in [1.82, 2.24) is 5.32 Å². The van der Waals surface area contributed by atoms with Gasteiger partial charge in [-0.05, 0) is 12.1 Å². The molecule has 18 heavy (non-hydrogen) atoms. The molecule has 1 aromatic rings. The number of hydrogen-bond donors (Lipinski definition) is 3. The van der Waals surface area contributed by atoms with Crippen molar-refractivity contribution in [2.45, 2.75) is 12.8 Å². The molecule has 0 aliphatic rings. The summed E-state index contributed by atoms with van der Waals surface area (Å²) in [5, 5.41) is 13.0. The Labute approximate surface area is 102 Å². The van der Waals surface area contributed by atoms with Crippen LogP contribution < -0.4 is 10.6 Å². The summed E-state index contributed by atoms with van der Waals surface area (Å²) in [4.78, 5) is 21.5. The fraction of sp³-hybridized carbons (Fsp3) is 0.273. The maximum Gasteiger partial charge on any atom is 0.319 e. The van der Waals surface area contributed by atoms with Crippen LogP contribution in [-0.4, -0.2) is 23.7 Å². The number of alkyl halides is 2. The number of benzene rings is 1. The normalized spacial score (nSPS) is 10.2. The van der Waals surface area contributed by atoms with Crippen molar-refractivity contribution in [3.05, 3.63) is 29.8 Å². The van der Waals surface area contributed by atoms with Gasteiger partial charge in [-0.25, -0.2) is 13.6 Å². The van der Waals surface area contributed by atoms with Crippen LogP contribution in [0.25, 0.3) is 0 Å². The third-order valence-corrected chi connectivity index (χ3v) is 2.02. The Bertz CT molecular complexity index is 438. The summed E-state index contributed by atoms with van der Waals surface area (Å²) < 4.78 is 24.8. The van der Waals surface area contributed by atoms with Crippen LogP contribution in [-0.2, 0) is 4.79 Å². The lowest BCUT2D eigenvalue weighted by Gasteiger charge is -2.08. The van der Waals surface area contributed by atoms with E-state index < -0.39 is 18.4 Å². The average Bonchev–Trinajstić information content (AvgIpc) is 2.28. The number of amides is 2. The number of anilines is 1. The summed E-state index contributed by atoms with van der Waals surface area (Å²) in [5.74, 6) is -1.03. The van der Waals surface area contributed by atoms with Gasteiger partial charge in [-0.1, -0.05) is 12.1 Å². The monoisotopic (exact) mass is 258 g/mol. The third kappa shape index (κ3) is 4.77. The minimum atomic E-state index is -2.61. The van der Waals surface area contributed by atoms with Crippen molar-refractivity contribution in [3.63, 3.8) is 0 Å². The molecule has 5 nitrogen and oxygen atoms in total. The van der Waals surface area contributed by atoms with E-state index in [2.05, 4.69) is 10.6 Å². The summed E-state index contributed by atoms with van der Waals surface area (Å²) in [7, 11) is 0. The Morgan fingerprint density at radius 3 is 2.67 bits per heavy atom. The molecule has 3 N–H and O–H groups in total. The highest BCUT2D eigenvalue weighted by Gasteiger charge is 2.08. The second-order valence-corrected chi connectivity index (χ2v) is 3.45. The number of halogens is 2. The number of carbonyl (C=O) groups excluding carboxylic acids is 1. The fourth-order valence-corrected chi connectivity index (χ4v) is 1.21. The molecule has 0 saturated heterocycles. The summed E-state index contributed by atoms with van der Waals surface area (Å²) in [5.41, 5.74) is 0.0268. The van der Waals surface area contributed by atoms with Crippen molar-refractivity contribution >= 4 is 17.7 Å². The number of hydrogen-bond acceptors (Lipinski definition) is 2. The van der Waals surface area contributed by atoms with Crippen LogP contribution in [0.5, 0.6) is 0 Å². The predicted octanol–water partition coefficient (Wildman–Crippen LogP) is 2.22. The molecule has 98 valence electrons. The molecule has 0 aliphatic heterocycles. The average molecular weight is 258 g/mol. The van der Waals surface area contributed by atoms with E-state index in [1.165, 1.54) is 18.2 Å². The maximum absolute atomic E-state index is 12.4. The van der Waals surface area contributed by atoms with Crippen molar-refractivity contribution in [2.75, 3.05) is 11.9 Å². The SMILES string of the molecule is O=C(O)CCNC(=O)Nc1cccc(C(F)F)c1. The molecular formula is C11H12F2N2O3. The lowest BCUT2D eigenvalue weighted by atomic mass is 10.2. The predicted molar refractivity (Wildman–Crippen MR) is 60.7 cm³/mol. The van der Waals surface area contributed by atoms with Gasteiger partial charge in [0.2, 0.25) is 0 Å². The van der Waals surface area contributed by atoms with E-state index in [0.29, 0.717) is 0 Å². The molecule has 0 aliphatic carbocycles. The van der Waals surface area contributed by atoms with Crippen LogP contribution in [0.15, 0.2) is 24.3 Å². The van der Waals surface area contributed by atoms with E-state index in [-0.39, 0.29) is 24.2 Å². The minimum absolute atomic E-state index is 0.0320. The van der Waals surface area contributed by atoms with Gasteiger partial charge >= 0.3 is 12.0 Å². The number of aliphatic carboxylic acids is 1. The van der Waals surface area contributed by atoms with Gasteiger partial charge in [-0.15, -0.1) is 0 Å². The highest BCUT2D eigenvalue weighted by molar-refractivity contribution is 5.89. The Kier molecular flexibility index (Phi) is 5.04. The lowest BCUT2D eigenvalue weighted by molar-refractivity contribution is -0.136. The van der Waals surface area contributed by atoms with Gasteiger partial charge in [0.05, 0.1) is 6.42 Å². The Morgan fingerprint density at radius 1 is 1.33 bits per heavy atom. The second kappa shape index (κ2) is 6.53.